The molecule has 23 rings (SSSR count). The number of alkyl halides is 1. The number of Topliss-reactive ketones (excluding diaryl/α,β-unsaturated/α-hetero) is 4. The molecule has 25 heteroatoms. The van der Waals surface area contributed by atoms with E-state index < -0.39 is 28.3 Å². The van der Waals surface area contributed by atoms with E-state index in [0.717, 1.165) is 193 Å². The van der Waals surface area contributed by atoms with Crippen LogP contribution in [0.5, 0.6) is 0 Å². The van der Waals surface area contributed by atoms with E-state index in [-0.39, 0.29) is 104 Å². The van der Waals surface area contributed by atoms with Crippen molar-refractivity contribution < 1.29 is 41.1 Å². The number of aromatic nitrogens is 12. The molecule has 2 fully saturated rings. The van der Waals surface area contributed by atoms with Crippen molar-refractivity contribution in [1.29, 1.82) is 0 Å². The fourth-order valence-corrected chi connectivity index (χ4v) is 24.9. The average molecular weight is 1960 g/mol. The van der Waals surface area contributed by atoms with Crippen LogP contribution >= 0.6 is 0 Å². The molecule has 0 aliphatic heterocycles. The summed E-state index contributed by atoms with van der Waals surface area (Å²) in [6, 6.07) is 47.8. The Kier molecular flexibility index (Phi) is 28.0. The van der Waals surface area contributed by atoms with Crippen LogP contribution in [0, 0.1) is 79.1 Å². The molecule has 0 N–H and O–H groups in total. The lowest BCUT2D eigenvalue weighted by molar-refractivity contribution is -0.123. The van der Waals surface area contributed by atoms with E-state index >= 15 is 17.6 Å². The number of fused-ring (bicyclic) bond motifs is 13. The first-order chi connectivity index (χ1) is 71.6. The van der Waals surface area contributed by atoms with Crippen molar-refractivity contribution in [3.05, 3.63) is 367 Å². The molecule has 10 aliphatic rings. The van der Waals surface area contributed by atoms with Crippen LogP contribution in [-0.4, -0.2) is 82.9 Å². The van der Waals surface area contributed by atoms with Crippen LogP contribution in [0.15, 0.2) is 236 Å². The Morgan fingerprint density at radius 2 is 0.687 bits per heavy atom. The van der Waals surface area contributed by atoms with Crippen molar-refractivity contribution in [2.45, 2.75) is 235 Å². The molecule has 0 radical (unpaired) electrons. The Morgan fingerprint density at radius 1 is 0.347 bits per heavy atom. The van der Waals surface area contributed by atoms with E-state index in [1.165, 1.54) is 30.5 Å². The highest BCUT2D eigenvalue weighted by atomic mass is 19.1. The second kappa shape index (κ2) is 41.6. The summed E-state index contributed by atoms with van der Waals surface area (Å²) < 4.78 is 74.0. The highest BCUT2D eigenvalue weighted by Crippen LogP contribution is 2.59. The van der Waals surface area contributed by atoms with E-state index in [4.69, 9.17) is 66.2 Å². The second-order valence-corrected chi connectivity index (χ2v) is 40.6. The summed E-state index contributed by atoms with van der Waals surface area (Å²) in [4.78, 5) is 124. The summed E-state index contributed by atoms with van der Waals surface area (Å²) in [5, 5.41) is 0.914. The third-order valence-corrected chi connectivity index (χ3v) is 31.8. The summed E-state index contributed by atoms with van der Waals surface area (Å²) in [7, 11) is 0. The zero-order chi connectivity index (χ0) is 102. The van der Waals surface area contributed by atoms with E-state index in [2.05, 4.69) is 86.1 Å². The number of halogens is 5. The fraction of sp³-hybridized carbons (Fsp3) is 0.344. The molecule has 147 heavy (non-hydrogen) atoms. The lowest BCUT2D eigenvalue weighted by atomic mass is 9.55. The molecule has 0 spiro atoms. The minimum Gasteiger partial charge on any atom is -0.308 e. The van der Waals surface area contributed by atoms with E-state index in [1.54, 1.807) is 85.2 Å². The molecule has 20 nitrogen and oxygen atoms in total. The van der Waals surface area contributed by atoms with Gasteiger partial charge in [-0.05, 0) is 230 Å². The van der Waals surface area contributed by atoms with Crippen LogP contribution in [0.25, 0.3) is 121 Å². The highest BCUT2D eigenvalue weighted by molar-refractivity contribution is 6.02. The number of rotatable bonds is 21. The third-order valence-electron chi connectivity index (χ3n) is 31.8. The Balaban J connectivity index is 0.000000119. The molecule has 8 aromatic heterocycles. The molecule has 0 amide bonds. The first kappa shape index (κ1) is 98.9. The van der Waals surface area contributed by atoms with Crippen LogP contribution < -0.4 is 0 Å². The van der Waals surface area contributed by atoms with E-state index in [0.29, 0.717) is 137 Å². The van der Waals surface area contributed by atoms with Crippen LogP contribution in [0.4, 0.5) is 22.0 Å². The highest BCUT2D eigenvalue weighted by Gasteiger charge is 2.56. The molecular formula is C122H109F5N16O4. The molecule has 8 heterocycles. The molecule has 10 aliphatic carbocycles. The van der Waals surface area contributed by atoms with Crippen molar-refractivity contribution in [3.8, 4) is 90.6 Å². The quantitative estimate of drug-likeness (QED) is 0.0480. The Bertz CT molecular complexity index is 7810. The van der Waals surface area contributed by atoms with Crippen molar-refractivity contribution in [2.75, 3.05) is 0 Å². The standard InChI is InChI=1S/C33H33FN4O.C31H25FN4O.C30H27FN4O.C28H24F2N4O/c1-4-8-22-25-14-13-24-29(23-9-6-7-10-26(23)34)37-32(21-15-17-36-27(18-21)20-11-12-20)38-31(24)33(25,16-5-2)19-28(35-3)30(22)39;1-3-15-31-18-26(33-2)27(37)17-19(31)12-13-23-28(22-9-4-6-10-24(22)32)35-30(36-29(23)31)21-14-16-34-25-11-7-5-8-20(21)25;1-3-13-30-17-25(32-2)26(36)16-20(30)10-11-22-27(21-6-4-5-7-23(21)31)34-29(35-28(22)30)19-12-14-33-24(15-19)18-8-9-18;1-3-11-28-15-23(31-2)24(35)14-18(28)8-9-21-25(20-6-4-5-7-22(20)30)33-27(34-26(21)28)17-10-12-32-19(13-17)16-29/h6-7,9-10,15,17-20,22,25H,4-5,8,11-14,16H2,1-2H3;4-11,14,16,18-19H,3,12-13,15,17H2,1H3;4-7,12,14-15,17-18,20H,3,8-11,13,16H2,1H3;4-7,10,12-13,15,18H,3,8-9,11,14,16H2,1H3/t22-,25-,33-;19-,31-;20-,30-;18-,28-/m1111/s1. The minimum absolute atomic E-state index is 0.00279. The van der Waals surface area contributed by atoms with Crippen LogP contribution in [0.1, 0.15) is 243 Å². The molecule has 736 valence electrons. The lowest BCUT2D eigenvalue weighted by Gasteiger charge is -2.49. The minimum atomic E-state index is -0.722. The molecule has 0 unspecified atom stereocenters. The fourth-order valence-electron chi connectivity index (χ4n) is 24.9. The molecule has 0 bridgehead atoms. The number of hydrogen-bond donors (Lipinski definition) is 0. The van der Waals surface area contributed by atoms with Crippen molar-refractivity contribution >= 4 is 34.0 Å². The van der Waals surface area contributed by atoms with Gasteiger partial charge in [0.1, 0.15) is 29.9 Å². The maximum absolute atomic E-state index is 15.3. The molecule has 9 atom stereocenters. The number of hydrogen-bond acceptors (Lipinski definition) is 16. The van der Waals surface area contributed by atoms with Gasteiger partial charge in [-0.3, -0.25) is 19.9 Å². The average Bonchev–Trinajstić information content (AvgIpc) is 1.36. The van der Waals surface area contributed by atoms with Crippen LogP contribution in [0.3, 0.4) is 0 Å². The van der Waals surface area contributed by atoms with Gasteiger partial charge in [0.15, 0.2) is 46.4 Å². The van der Waals surface area contributed by atoms with Crippen molar-refractivity contribution in [1.82, 2.24) is 59.8 Å². The van der Waals surface area contributed by atoms with Gasteiger partial charge in [-0.1, -0.05) is 158 Å². The molecular weight excluding hydrogens is 1850 g/mol. The number of allylic oxidation sites excluding steroid dienone is 8. The first-order valence-corrected chi connectivity index (χ1v) is 51.6. The van der Waals surface area contributed by atoms with Gasteiger partial charge in [0, 0.05) is 167 Å². The van der Waals surface area contributed by atoms with Gasteiger partial charge in [-0.15, -0.1) is 0 Å². The maximum Gasteiger partial charge on any atom is 0.226 e. The summed E-state index contributed by atoms with van der Waals surface area (Å²) in [5.41, 5.74) is 15.7. The van der Waals surface area contributed by atoms with E-state index in [1.807, 2.05) is 85.1 Å². The lowest BCUT2D eigenvalue weighted by Crippen LogP contribution is -2.48. The predicted octanol–water partition coefficient (Wildman–Crippen LogP) is 27.3. The number of pyridine rings is 4. The van der Waals surface area contributed by atoms with Gasteiger partial charge in [0.2, 0.25) is 22.8 Å². The van der Waals surface area contributed by atoms with E-state index in [9.17, 15) is 23.6 Å². The normalized spacial score (nSPS) is 22.1. The molecule has 5 aromatic carbocycles. The van der Waals surface area contributed by atoms with Gasteiger partial charge in [-0.2, -0.15) is 0 Å². The zero-order valence-electron chi connectivity index (χ0n) is 82.8. The van der Waals surface area contributed by atoms with Crippen LogP contribution in [-0.2, 0) is 73.2 Å². The number of nitrogens with zero attached hydrogens (tertiary/aromatic N) is 16. The number of carbonyl (C=O) groups excluding carboxylic acids is 4. The second-order valence-electron chi connectivity index (χ2n) is 40.6. The number of para-hydroxylation sites is 1. The SMILES string of the molecule is [C-]#[N+]C1=C[C@@]2(CCC)c3nc(-c4ccnc(C5CC5)c4)nc(-c4ccccc4F)c3CC[C@@H]2CC1=O.[C-]#[N+]C1=C[C@@]2(CCC)c3nc(-c4ccnc(C5CC5)c4)nc(-c4ccccc4F)c3CC[C@@H]2[C@@H](CCC)C1=O.[C-]#[N+]C1=C[C@@]2(CCC)c3nc(-c4ccnc(CF)c4)nc(-c4ccccc4F)c3CC[C@@H]2CC1=O.[C-]#[N+]C1=C[C@@]2(CCC)c3nc(-c4ccnc5ccccc45)nc(-c4ccccc4F)c3CC[C@@H]2CC1=O. The maximum atomic E-state index is 15.3. The topological polar surface area (TPSA) is 240 Å². The summed E-state index contributed by atoms with van der Waals surface area (Å²) in [6.45, 7) is 40.5. The van der Waals surface area contributed by atoms with Crippen molar-refractivity contribution in [3.63, 3.8) is 0 Å². The Morgan fingerprint density at radius 3 is 1.07 bits per heavy atom. The third kappa shape index (κ3) is 18.4. The van der Waals surface area contributed by atoms with Gasteiger partial charge in [-0.25, -0.2) is 81.2 Å². The largest absolute Gasteiger partial charge is 0.308 e. The smallest absolute Gasteiger partial charge is 0.226 e. The van der Waals surface area contributed by atoms with Gasteiger partial charge < -0.3 is 19.2 Å². The summed E-state index contributed by atoms with van der Waals surface area (Å²) in [6.07, 6.45) is 33.6. The monoisotopic (exact) mass is 1960 g/mol. The van der Waals surface area contributed by atoms with Crippen molar-refractivity contribution in [2.24, 2.45) is 29.6 Å². The van der Waals surface area contributed by atoms with Gasteiger partial charge >= 0.3 is 0 Å². The molecule has 2 saturated carbocycles. The first-order valence-electron chi connectivity index (χ1n) is 51.6. The summed E-state index contributed by atoms with van der Waals surface area (Å²) >= 11 is 0. The number of carbonyl (C=O) groups is 4. The Labute approximate surface area is 852 Å². The van der Waals surface area contributed by atoms with Gasteiger partial charge in [0.25, 0.3) is 0 Å². The summed E-state index contributed by atoms with van der Waals surface area (Å²) in [5.74, 6) is 1.17. The van der Waals surface area contributed by atoms with Crippen LogP contribution in [0.2, 0.25) is 0 Å². The van der Waals surface area contributed by atoms with Gasteiger partial charge in [0.05, 0.1) is 83.1 Å². The number of benzene rings is 5. The number of ketones is 4. The molecule has 13 aromatic rings. The Hall–Kier alpha value is -15.5. The zero-order valence-corrected chi connectivity index (χ0v) is 82.8. The molecule has 0 saturated heterocycles. The predicted molar refractivity (Wildman–Crippen MR) is 554 cm³/mol.